The molecule has 0 aliphatic heterocycles. The molecular formula is C25H30F4N4O3. The van der Waals surface area contributed by atoms with Gasteiger partial charge >= 0.3 is 12.3 Å². The number of nitrogens with one attached hydrogen (secondary N) is 1. The van der Waals surface area contributed by atoms with Gasteiger partial charge in [0.25, 0.3) is 0 Å². The highest BCUT2D eigenvalue weighted by molar-refractivity contribution is 5.68. The molecule has 0 aliphatic rings. The van der Waals surface area contributed by atoms with Gasteiger partial charge in [-0.25, -0.2) is 18.7 Å². The largest absolute Gasteiger partial charge is 0.488 e. The van der Waals surface area contributed by atoms with E-state index in [1.54, 1.807) is 27.7 Å². The number of aromatic nitrogens is 3. The maximum Gasteiger partial charge on any atom is 0.435 e. The van der Waals surface area contributed by atoms with Crippen LogP contribution in [0.2, 0.25) is 0 Å². The molecule has 0 unspecified atom stereocenters. The van der Waals surface area contributed by atoms with Crippen molar-refractivity contribution in [3.63, 3.8) is 0 Å². The van der Waals surface area contributed by atoms with Crippen molar-refractivity contribution in [3.05, 3.63) is 48.0 Å². The molecule has 36 heavy (non-hydrogen) atoms. The van der Waals surface area contributed by atoms with Gasteiger partial charge < -0.3 is 14.8 Å². The lowest BCUT2D eigenvalue weighted by Gasteiger charge is -2.33. The number of fused-ring (bicyclic) bond motifs is 1. The van der Waals surface area contributed by atoms with Gasteiger partial charge in [0, 0.05) is 17.8 Å². The zero-order valence-electron chi connectivity index (χ0n) is 21.0. The minimum atomic E-state index is -4.64. The van der Waals surface area contributed by atoms with E-state index in [-0.39, 0.29) is 29.6 Å². The van der Waals surface area contributed by atoms with Crippen LogP contribution in [0.4, 0.5) is 22.4 Å². The van der Waals surface area contributed by atoms with E-state index in [1.807, 2.05) is 13.8 Å². The van der Waals surface area contributed by atoms with Gasteiger partial charge in [0.15, 0.2) is 22.9 Å². The number of rotatable bonds is 7. The molecule has 1 amide bonds. The minimum absolute atomic E-state index is 0.0155. The van der Waals surface area contributed by atoms with Crippen molar-refractivity contribution in [2.24, 2.45) is 5.92 Å². The summed E-state index contributed by atoms with van der Waals surface area (Å²) < 4.78 is 66.3. The molecule has 2 heterocycles. The van der Waals surface area contributed by atoms with Crippen molar-refractivity contribution < 1.29 is 31.8 Å². The normalized spacial score (nSPS) is 14.1. The van der Waals surface area contributed by atoms with Crippen LogP contribution in [0.25, 0.3) is 16.9 Å². The summed E-state index contributed by atoms with van der Waals surface area (Å²) in [6.45, 7) is 11.0. The number of hydrogen-bond donors (Lipinski definition) is 1. The number of alkyl carbamates (subject to hydrolysis) is 1. The first-order valence-corrected chi connectivity index (χ1v) is 11.4. The van der Waals surface area contributed by atoms with Crippen LogP contribution in [0.1, 0.15) is 53.7 Å². The number of carbonyl (C=O) groups excluding carboxylic acids is 1. The zero-order valence-corrected chi connectivity index (χ0v) is 21.0. The molecule has 0 aliphatic carbocycles. The van der Waals surface area contributed by atoms with E-state index in [1.165, 1.54) is 24.4 Å². The standard InChI is InChI=1S/C25H30F4N4O3/c1-15(2)13-24(6,31-22(34)36-23(3,4)5)14-35-19-8-7-16(11-17(19)26)18-9-10-30-21-12-20(25(27,28)29)32-33(18)21/h7-12,15H,13-14H2,1-6H3,(H,31,34)/t24-/m0/s1. The van der Waals surface area contributed by atoms with E-state index in [4.69, 9.17) is 9.47 Å². The van der Waals surface area contributed by atoms with Crippen molar-refractivity contribution >= 4 is 11.7 Å². The topological polar surface area (TPSA) is 77.8 Å². The van der Waals surface area contributed by atoms with Crippen LogP contribution < -0.4 is 10.1 Å². The molecule has 1 aromatic carbocycles. The van der Waals surface area contributed by atoms with Crippen LogP contribution in [0, 0.1) is 11.7 Å². The maximum absolute atomic E-state index is 15.0. The molecule has 196 valence electrons. The Labute approximate surface area is 206 Å². The van der Waals surface area contributed by atoms with Gasteiger partial charge in [0.2, 0.25) is 0 Å². The lowest BCUT2D eigenvalue weighted by molar-refractivity contribution is -0.141. The number of alkyl halides is 3. The molecule has 0 saturated heterocycles. The third-order valence-corrected chi connectivity index (χ3v) is 5.08. The quantitative estimate of drug-likeness (QED) is 0.380. The van der Waals surface area contributed by atoms with Gasteiger partial charge in [0.1, 0.15) is 12.2 Å². The Hall–Kier alpha value is -3.37. The van der Waals surface area contributed by atoms with Crippen LogP contribution in [-0.4, -0.2) is 38.4 Å². The Balaban J connectivity index is 1.82. The van der Waals surface area contributed by atoms with Crippen LogP contribution in [0.3, 0.4) is 0 Å². The Morgan fingerprint density at radius 1 is 1.11 bits per heavy atom. The fraction of sp³-hybridized carbons (Fsp3) is 0.480. The van der Waals surface area contributed by atoms with Crippen molar-refractivity contribution in [2.45, 2.75) is 65.3 Å². The molecule has 0 saturated carbocycles. The third-order valence-electron chi connectivity index (χ3n) is 5.08. The van der Waals surface area contributed by atoms with Crippen molar-refractivity contribution in [2.75, 3.05) is 6.61 Å². The van der Waals surface area contributed by atoms with Gasteiger partial charge in [-0.1, -0.05) is 13.8 Å². The molecule has 0 spiro atoms. The molecule has 2 aromatic heterocycles. The molecule has 0 radical (unpaired) electrons. The maximum atomic E-state index is 15.0. The van der Waals surface area contributed by atoms with Gasteiger partial charge in [-0.05, 0) is 64.3 Å². The first-order valence-electron chi connectivity index (χ1n) is 11.4. The van der Waals surface area contributed by atoms with Crippen molar-refractivity contribution in [3.8, 4) is 17.0 Å². The van der Waals surface area contributed by atoms with Crippen molar-refractivity contribution in [1.29, 1.82) is 0 Å². The molecule has 11 heteroatoms. The summed E-state index contributed by atoms with van der Waals surface area (Å²) in [5.41, 5.74) is -2.11. The number of carbonyl (C=O) groups is 1. The van der Waals surface area contributed by atoms with Crippen LogP contribution in [0.5, 0.6) is 5.75 Å². The SMILES string of the molecule is CC(C)C[C@@](C)(COc1ccc(-c2ccnc3cc(C(F)(F)F)nn23)cc1F)NC(=O)OC(C)(C)C. The molecule has 1 atom stereocenters. The molecule has 3 aromatic rings. The predicted octanol–water partition coefficient (Wildman–Crippen LogP) is 6.26. The predicted molar refractivity (Wildman–Crippen MR) is 126 cm³/mol. The molecular weight excluding hydrogens is 480 g/mol. The first-order chi connectivity index (χ1) is 16.6. The average molecular weight is 511 g/mol. The summed E-state index contributed by atoms with van der Waals surface area (Å²) in [6.07, 6.45) is -3.37. The molecule has 1 N–H and O–H groups in total. The Kier molecular flexibility index (Phi) is 7.52. The van der Waals surface area contributed by atoms with Gasteiger partial charge in [-0.15, -0.1) is 0 Å². The van der Waals surface area contributed by atoms with E-state index in [9.17, 15) is 22.4 Å². The lowest BCUT2D eigenvalue weighted by Crippen LogP contribution is -2.52. The zero-order chi connectivity index (χ0) is 26.9. The van der Waals surface area contributed by atoms with E-state index in [0.717, 1.165) is 16.6 Å². The fourth-order valence-electron chi connectivity index (χ4n) is 3.86. The second-order valence-corrected chi connectivity index (χ2v) is 10.3. The number of benzene rings is 1. The number of ether oxygens (including phenoxy) is 2. The Bertz CT molecular complexity index is 1230. The Morgan fingerprint density at radius 3 is 2.39 bits per heavy atom. The van der Waals surface area contributed by atoms with Crippen LogP contribution in [0.15, 0.2) is 36.5 Å². The molecule has 3 rings (SSSR count). The first kappa shape index (κ1) is 27.2. The van der Waals surface area contributed by atoms with E-state index in [2.05, 4.69) is 15.4 Å². The smallest absolute Gasteiger partial charge is 0.435 e. The second kappa shape index (κ2) is 9.94. The summed E-state index contributed by atoms with van der Waals surface area (Å²) >= 11 is 0. The summed E-state index contributed by atoms with van der Waals surface area (Å²) in [4.78, 5) is 16.3. The van der Waals surface area contributed by atoms with Gasteiger partial charge in [-0.2, -0.15) is 18.3 Å². The number of halogens is 4. The monoisotopic (exact) mass is 510 g/mol. The highest BCUT2D eigenvalue weighted by atomic mass is 19.4. The number of nitrogens with zero attached hydrogens (tertiary/aromatic N) is 3. The minimum Gasteiger partial charge on any atom is -0.488 e. The van der Waals surface area contributed by atoms with Crippen LogP contribution >= 0.6 is 0 Å². The summed E-state index contributed by atoms with van der Waals surface area (Å²) in [5.74, 6) is -0.586. The van der Waals surface area contributed by atoms with Crippen molar-refractivity contribution in [1.82, 2.24) is 19.9 Å². The number of hydrogen-bond acceptors (Lipinski definition) is 5. The fourth-order valence-corrected chi connectivity index (χ4v) is 3.86. The summed E-state index contributed by atoms with van der Waals surface area (Å²) in [6, 6.07) is 6.32. The highest BCUT2D eigenvalue weighted by Gasteiger charge is 2.35. The Morgan fingerprint density at radius 2 is 1.81 bits per heavy atom. The molecule has 7 nitrogen and oxygen atoms in total. The average Bonchev–Trinajstić information content (AvgIpc) is 3.15. The van der Waals surface area contributed by atoms with Gasteiger partial charge in [-0.3, -0.25) is 0 Å². The van der Waals surface area contributed by atoms with E-state index >= 15 is 0 Å². The molecule has 0 fully saturated rings. The van der Waals surface area contributed by atoms with Crippen LogP contribution in [-0.2, 0) is 10.9 Å². The second-order valence-electron chi connectivity index (χ2n) is 10.3. The van der Waals surface area contributed by atoms with Gasteiger partial charge in [0.05, 0.1) is 11.2 Å². The van der Waals surface area contributed by atoms with E-state index < -0.39 is 34.9 Å². The third kappa shape index (κ3) is 6.86. The lowest BCUT2D eigenvalue weighted by atomic mass is 9.91. The number of amides is 1. The summed E-state index contributed by atoms with van der Waals surface area (Å²) in [7, 11) is 0. The summed E-state index contributed by atoms with van der Waals surface area (Å²) in [5, 5.41) is 6.41. The van der Waals surface area contributed by atoms with E-state index in [0.29, 0.717) is 12.0 Å². The highest BCUT2D eigenvalue weighted by Crippen LogP contribution is 2.31. The molecule has 0 bridgehead atoms.